The Morgan fingerprint density at radius 2 is 1.79 bits per heavy atom. The SMILES string of the molecule is CC(C)(C)OC(=O)N1CCN(c2c(F)cc(N3C(=O)OCC3CN)cc2F)CC1. The van der Waals surface area contributed by atoms with E-state index in [9.17, 15) is 18.4 Å². The summed E-state index contributed by atoms with van der Waals surface area (Å²) < 4.78 is 39.8. The van der Waals surface area contributed by atoms with Gasteiger partial charge >= 0.3 is 12.2 Å². The third-order valence-corrected chi connectivity index (χ3v) is 4.76. The van der Waals surface area contributed by atoms with Crippen LogP contribution in [0.3, 0.4) is 0 Å². The smallest absolute Gasteiger partial charge is 0.414 e. The number of nitrogens with zero attached hydrogens (tertiary/aromatic N) is 3. The fraction of sp³-hybridized carbons (Fsp3) is 0.579. The Labute approximate surface area is 168 Å². The molecule has 2 N–H and O–H groups in total. The molecule has 0 saturated carbocycles. The van der Waals surface area contributed by atoms with E-state index in [1.165, 1.54) is 9.80 Å². The van der Waals surface area contributed by atoms with Gasteiger partial charge in [-0.15, -0.1) is 0 Å². The number of anilines is 2. The molecule has 2 aliphatic rings. The Bertz CT molecular complexity index is 768. The highest BCUT2D eigenvalue weighted by atomic mass is 19.1. The molecular formula is C19H26F2N4O4. The Morgan fingerprint density at radius 1 is 1.21 bits per heavy atom. The first kappa shape index (κ1) is 21.1. The number of nitrogens with two attached hydrogens (primary N) is 1. The molecule has 3 rings (SSSR count). The molecular weight excluding hydrogens is 386 g/mol. The van der Waals surface area contributed by atoms with E-state index >= 15 is 0 Å². The van der Waals surface area contributed by atoms with E-state index in [2.05, 4.69) is 0 Å². The number of hydrogen-bond acceptors (Lipinski definition) is 6. The van der Waals surface area contributed by atoms with Crippen molar-refractivity contribution in [3.63, 3.8) is 0 Å². The van der Waals surface area contributed by atoms with E-state index < -0.39 is 35.5 Å². The summed E-state index contributed by atoms with van der Waals surface area (Å²) in [5.74, 6) is -1.58. The third kappa shape index (κ3) is 4.52. The topological polar surface area (TPSA) is 88.3 Å². The standard InChI is InChI=1S/C19H26F2N4O4/c1-19(2,3)29-17(26)24-6-4-23(5-7-24)16-14(20)8-12(9-15(16)21)25-13(10-22)11-28-18(25)27/h8-9,13H,4-7,10-11,22H2,1-3H3. The number of rotatable bonds is 3. The average Bonchev–Trinajstić information content (AvgIpc) is 3.01. The number of hydrogen-bond donors (Lipinski definition) is 1. The van der Waals surface area contributed by atoms with Gasteiger partial charge in [0.1, 0.15) is 17.9 Å². The number of cyclic esters (lactones) is 1. The van der Waals surface area contributed by atoms with Crippen LogP contribution in [0.4, 0.5) is 29.7 Å². The van der Waals surface area contributed by atoms with Gasteiger partial charge in [-0.1, -0.05) is 0 Å². The van der Waals surface area contributed by atoms with E-state index in [-0.39, 0.29) is 50.7 Å². The molecule has 0 radical (unpaired) electrons. The maximum atomic E-state index is 14.8. The van der Waals surface area contributed by atoms with Gasteiger partial charge in [-0.2, -0.15) is 0 Å². The van der Waals surface area contributed by atoms with Crippen molar-refractivity contribution in [2.45, 2.75) is 32.4 Å². The molecule has 160 valence electrons. The van der Waals surface area contributed by atoms with E-state index in [0.29, 0.717) is 0 Å². The summed E-state index contributed by atoms with van der Waals surface area (Å²) in [6, 6.07) is 1.74. The zero-order valence-electron chi connectivity index (χ0n) is 16.8. The maximum absolute atomic E-state index is 14.8. The molecule has 0 bridgehead atoms. The highest BCUT2D eigenvalue weighted by Crippen LogP contribution is 2.32. The summed E-state index contributed by atoms with van der Waals surface area (Å²) in [6.45, 7) is 6.59. The minimum absolute atomic E-state index is 0.0640. The Morgan fingerprint density at radius 3 is 2.31 bits per heavy atom. The molecule has 10 heteroatoms. The number of benzene rings is 1. The van der Waals surface area contributed by atoms with Gasteiger partial charge < -0.3 is 25.0 Å². The molecule has 2 aliphatic heterocycles. The average molecular weight is 412 g/mol. The molecule has 29 heavy (non-hydrogen) atoms. The van der Waals surface area contributed by atoms with Crippen LogP contribution < -0.4 is 15.5 Å². The van der Waals surface area contributed by atoms with Crippen LogP contribution in [0.1, 0.15) is 20.8 Å². The van der Waals surface area contributed by atoms with Crippen LogP contribution in [0, 0.1) is 11.6 Å². The zero-order chi connectivity index (χ0) is 21.3. The first-order chi connectivity index (χ1) is 13.6. The second kappa shape index (κ2) is 8.02. The van der Waals surface area contributed by atoms with Gasteiger partial charge in [0.05, 0.1) is 11.7 Å². The molecule has 2 saturated heterocycles. The molecule has 0 aromatic heterocycles. The highest BCUT2D eigenvalue weighted by Gasteiger charge is 2.35. The Hall–Kier alpha value is -2.62. The van der Waals surface area contributed by atoms with Crippen molar-refractivity contribution in [1.29, 1.82) is 0 Å². The van der Waals surface area contributed by atoms with Crippen molar-refractivity contribution in [3.05, 3.63) is 23.8 Å². The van der Waals surface area contributed by atoms with Crippen molar-refractivity contribution in [2.24, 2.45) is 5.73 Å². The van der Waals surface area contributed by atoms with Gasteiger partial charge in [-0.05, 0) is 20.8 Å². The van der Waals surface area contributed by atoms with Gasteiger partial charge in [-0.3, -0.25) is 4.90 Å². The van der Waals surface area contributed by atoms with E-state index in [0.717, 1.165) is 17.0 Å². The van der Waals surface area contributed by atoms with Crippen LogP contribution in [-0.2, 0) is 9.47 Å². The maximum Gasteiger partial charge on any atom is 0.414 e. The second-order valence-corrected chi connectivity index (χ2v) is 8.05. The lowest BCUT2D eigenvalue weighted by Gasteiger charge is -2.37. The largest absolute Gasteiger partial charge is 0.447 e. The molecule has 2 heterocycles. The summed E-state index contributed by atoms with van der Waals surface area (Å²) in [7, 11) is 0. The van der Waals surface area contributed by atoms with Crippen LogP contribution >= 0.6 is 0 Å². The quantitative estimate of drug-likeness (QED) is 0.820. The number of carbonyl (C=O) groups excluding carboxylic acids is 2. The summed E-state index contributed by atoms with van der Waals surface area (Å²) in [4.78, 5) is 28.3. The Kier molecular flexibility index (Phi) is 5.83. The van der Waals surface area contributed by atoms with Crippen LogP contribution in [0.15, 0.2) is 12.1 Å². The van der Waals surface area contributed by atoms with Gasteiger partial charge in [0.25, 0.3) is 0 Å². The molecule has 2 amide bonds. The predicted octanol–water partition coefficient (Wildman–Crippen LogP) is 2.31. The van der Waals surface area contributed by atoms with Crippen molar-refractivity contribution in [3.8, 4) is 0 Å². The fourth-order valence-electron chi connectivity index (χ4n) is 3.38. The molecule has 0 spiro atoms. The van der Waals surface area contributed by atoms with Crippen LogP contribution in [0.5, 0.6) is 0 Å². The molecule has 0 aliphatic carbocycles. The minimum atomic E-state index is -0.791. The normalized spacial score (nSPS) is 20.1. The highest BCUT2D eigenvalue weighted by molar-refractivity contribution is 5.90. The fourth-order valence-corrected chi connectivity index (χ4v) is 3.38. The first-order valence-corrected chi connectivity index (χ1v) is 9.48. The van der Waals surface area contributed by atoms with Crippen LogP contribution in [0.25, 0.3) is 0 Å². The number of halogens is 2. The van der Waals surface area contributed by atoms with Crippen molar-refractivity contribution < 1.29 is 27.8 Å². The monoisotopic (exact) mass is 412 g/mol. The number of piperazine rings is 1. The van der Waals surface area contributed by atoms with Gasteiger partial charge in [0.15, 0.2) is 11.6 Å². The molecule has 1 aromatic carbocycles. The summed E-state index contributed by atoms with van der Waals surface area (Å²) >= 11 is 0. The second-order valence-electron chi connectivity index (χ2n) is 8.05. The van der Waals surface area contributed by atoms with Gasteiger partial charge in [0, 0.05) is 44.9 Å². The first-order valence-electron chi connectivity index (χ1n) is 9.48. The molecule has 1 atom stereocenters. The van der Waals surface area contributed by atoms with Gasteiger partial charge in [-0.25, -0.2) is 18.4 Å². The summed E-state index contributed by atoms with van der Waals surface area (Å²) in [6.07, 6.45) is -1.13. The summed E-state index contributed by atoms with van der Waals surface area (Å²) in [5, 5.41) is 0. The van der Waals surface area contributed by atoms with Crippen molar-refractivity contribution in [2.75, 3.05) is 49.1 Å². The number of carbonyl (C=O) groups is 2. The minimum Gasteiger partial charge on any atom is -0.447 e. The van der Waals surface area contributed by atoms with Crippen molar-refractivity contribution >= 4 is 23.6 Å². The van der Waals surface area contributed by atoms with E-state index in [1.54, 1.807) is 20.8 Å². The lowest BCUT2D eigenvalue weighted by Crippen LogP contribution is -2.50. The number of amides is 2. The third-order valence-electron chi connectivity index (χ3n) is 4.76. The molecule has 1 aromatic rings. The zero-order valence-corrected chi connectivity index (χ0v) is 16.8. The lowest BCUT2D eigenvalue weighted by atomic mass is 10.1. The predicted molar refractivity (Wildman–Crippen MR) is 103 cm³/mol. The Balaban J connectivity index is 1.73. The number of ether oxygens (including phenoxy) is 2. The molecule has 1 unspecified atom stereocenters. The molecule has 8 nitrogen and oxygen atoms in total. The lowest BCUT2D eigenvalue weighted by molar-refractivity contribution is 0.0240. The molecule has 2 fully saturated rings. The van der Waals surface area contributed by atoms with E-state index in [1.807, 2.05) is 0 Å². The summed E-state index contributed by atoms with van der Waals surface area (Å²) in [5.41, 5.74) is 4.88. The van der Waals surface area contributed by atoms with Crippen LogP contribution in [0.2, 0.25) is 0 Å². The van der Waals surface area contributed by atoms with Gasteiger partial charge in [0.2, 0.25) is 0 Å². The van der Waals surface area contributed by atoms with Crippen LogP contribution in [-0.4, -0.2) is 68.1 Å². The van der Waals surface area contributed by atoms with E-state index in [4.69, 9.17) is 15.2 Å². The van der Waals surface area contributed by atoms with Crippen molar-refractivity contribution in [1.82, 2.24) is 4.90 Å².